The molecule has 3 aromatic rings. The van der Waals surface area contributed by atoms with Crippen LogP contribution in [0.25, 0.3) is 0 Å². The second-order valence-electron chi connectivity index (χ2n) is 7.24. The molecule has 156 valence electrons. The third-order valence-electron chi connectivity index (χ3n) is 5.02. The summed E-state index contributed by atoms with van der Waals surface area (Å²) in [7, 11) is -3.68. The van der Waals surface area contributed by atoms with Gasteiger partial charge in [-0.15, -0.1) is 0 Å². The molecule has 1 unspecified atom stereocenters. The SMILES string of the molecule is CCc1ccc(C(C)NC(=O)c2ccc(NS(=O)(=O)c3ccccc3)c(C)c2)cc1. The third kappa shape index (κ3) is 5.07. The summed E-state index contributed by atoms with van der Waals surface area (Å²) in [6.45, 7) is 5.81. The minimum Gasteiger partial charge on any atom is -0.346 e. The number of amides is 1. The Morgan fingerprint density at radius 3 is 2.23 bits per heavy atom. The maximum Gasteiger partial charge on any atom is 0.261 e. The molecule has 6 heteroatoms. The smallest absolute Gasteiger partial charge is 0.261 e. The molecule has 5 nitrogen and oxygen atoms in total. The molecule has 1 atom stereocenters. The summed E-state index contributed by atoms with van der Waals surface area (Å²) in [5.74, 6) is -0.206. The fourth-order valence-corrected chi connectivity index (χ4v) is 4.28. The van der Waals surface area contributed by atoms with Crippen LogP contribution in [0, 0.1) is 6.92 Å². The minimum absolute atomic E-state index is 0.139. The van der Waals surface area contributed by atoms with Gasteiger partial charge in [-0.05, 0) is 67.3 Å². The van der Waals surface area contributed by atoms with Crippen LogP contribution in [0.5, 0.6) is 0 Å². The number of rotatable bonds is 7. The molecular formula is C24H26N2O3S. The van der Waals surface area contributed by atoms with Crippen molar-refractivity contribution in [3.63, 3.8) is 0 Å². The third-order valence-corrected chi connectivity index (χ3v) is 6.40. The first-order valence-corrected chi connectivity index (χ1v) is 11.4. The van der Waals surface area contributed by atoms with Gasteiger partial charge >= 0.3 is 0 Å². The maximum absolute atomic E-state index is 12.7. The summed E-state index contributed by atoms with van der Waals surface area (Å²) >= 11 is 0. The van der Waals surface area contributed by atoms with Crippen molar-refractivity contribution in [1.82, 2.24) is 5.32 Å². The average molecular weight is 423 g/mol. The van der Waals surface area contributed by atoms with E-state index in [1.807, 2.05) is 19.1 Å². The van der Waals surface area contributed by atoms with E-state index < -0.39 is 10.0 Å². The molecule has 1 amide bonds. The molecule has 0 radical (unpaired) electrons. The van der Waals surface area contributed by atoms with Crippen LogP contribution in [-0.4, -0.2) is 14.3 Å². The van der Waals surface area contributed by atoms with E-state index in [9.17, 15) is 13.2 Å². The van der Waals surface area contributed by atoms with Crippen molar-refractivity contribution in [3.05, 3.63) is 95.1 Å². The van der Waals surface area contributed by atoms with Crippen LogP contribution < -0.4 is 10.0 Å². The average Bonchev–Trinajstić information content (AvgIpc) is 2.75. The predicted octanol–water partition coefficient (Wildman–Crippen LogP) is 4.85. The highest BCUT2D eigenvalue weighted by molar-refractivity contribution is 7.92. The molecule has 2 N–H and O–H groups in total. The van der Waals surface area contributed by atoms with E-state index in [-0.39, 0.29) is 16.8 Å². The van der Waals surface area contributed by atoms with Crippen molar-refractivity contribution in [2.75, 3.05) is 4.72 Å². The molecule has 0 aromatic heterocycles. The number of anilines is 1. The van der Waals surface area contributed by atoms with Crippen LogP contribution in [0.2, 0.25) is 0 Å². The fourth-order valence-electron chi connectivity index (χ4n) is 3.13. The van der Waals surface area contributed by atoms with Gasteiger partial charge in [-0.3, -0.25) is 9.52 Å². The molecule has 3 aromatic carbocycles. The van der Waals surface area contributed by atoms with E-state index >= 15 is 0 Å². The van der Waals surface area contributed by atoms with Crippen LogP contribution in [0.3, 0.4) is 0 Å². The van der Waals surface area contributed by atoms with Gasteiger partial charge in [-0.2, -0.15) is 0 Å². The lowest BCUT2D eigenvalue weighted by atomic mass is 10.0. The molecule has 0 bridgehead atoms. The number of benzene rings is 3. The molecule has 3 rings (SSSR count). The highest BCUT2D eigenvalue weighted by Crippen LogP contribution is 2.22. The number of carbonyl (C=O) groups excluding carboxylic acids is 1. The van der Waals surface area contributed by atoms with Crippen molar-refractivity contribution >= 4 is 21.6 Å². The first kappa shape index (κ1) is 21.6. The number of nitrogens with one attached hydrogen (secondary N) is 2. The van der Waals surface area contributed by atoms with Crippen molar-refractivity contribution in [2.24, 2.45) is 0 Å². The van der Waals surface area contributed by atoms with Crippen LogP contribution in [0.15, 0.2) is 77.7 Å². The summed E-state index contributed by atoms with van der Waals surface area (Å²) in [6, 6.07) is 21.1. The van der Waals surface area contributed by atoms with E-state index in [0.29, 0.717) is 16.8 Å². The predicted molar refractivity (Wildman–Crippen MR) is 120 cm³/mol. The molecule has 0 heterocycles. The van der Waals surface area contributed by atoms with Crippen molar-refractivity contribution in [2.45, 2.75) is 38.1 Å². The second kappa shape index (κ2) is 9.13. The van der Waals surface area contributed by atoms with E-state index in [2.05, 4.69) is 29.1 Å². The van der Waals surface area contributed by atoms with Crippen LogP contribution >= 0.6 is 0 Å². The number of hydrogen-bond acceptors (Lipinski definition) is 3. The van der Waals surface area contributed by atoms with Gasteiger partial charge < -0.3 is 5.32 Å². The minimum atomic E-state index is -3.68. The summed E-state index contributed by atoms with van der Waals surface area (Å²) < 4.78 is 27.6. The Bertz CT molecular complexity index is 1120. The Kier molecular flexibility index (Phi) is 6.57. The Morgan fingerprint density at radius 1 is 0.967 bits per heavy atom. The molecule has 0 saturated carbocycles. The Morgan fingerprint density at radius 2 is 1.63 bits per heavy atom. The van der Waals surface area contributed by atoms with Crippen LogP contribution in [0.4, 0.5) is 5.69 Å². The normalized spacial score (nSPS) is 12.2. The van der Waals surface area contributed by atoms with E-state index in [0.717, 1.165) is 12.0 Å². The Hall–Kier alpha value is -3.12. The lowest BCUT2D eigenvalue weighted by Gasteiger charge is -2.16. The molecule has 0 fully saturated rings. The summed E-state index contributed by atoms with van der Waals surface area (Å²) in [5, 5.41) is 2.99. The van der Waals surface area contributed by atoms with Gasteiger partial charge in [0, 0.05) is 5.56 Å². The fraction of sp³-hybridized carbons (Fsp3) is 0.208. The van der Waals surface area contributed by atoms with Gasteiger partial charge in [0.05, 0.1) is 16.6 Å². The number of hydrogen-bond donors (Lipinski definition) is 2. The zero-order valence-corrected chi connectivity index (χ0v) is 18.2. The van der Waals surface area contributed by atoms with Gasteiger partial charge in [0.1, 0.15) is 0 Å². The summed E-state index contributed by atoms with van der Waals surface area (Å²) in [5.41, 5.74) is 3.87. The van der Waals surface area contributed by atoms with Gasteiger partial charge in [-0.25, -0.2) is 8.42 Å². The largest absolute Gasteiger partial charge is 0.346 e. The van der Waals surface area contributed by atoms with Crippen molar-refractivity contribution in [1.29, 1.82) is 0 Å². The van der Waals surface area contributed by atoms with Gasteiger partial charge in [-0.1, -0.05) is 49.4 Å². The van der Waals surface area contributed by atoms with E-state index in [1.165, 1.54) is 17.7 Å². The zero-order valence-electron chi connectivity index (χ0n) is 17.3. The highest BCUT2D eigenvalue weighted by atomic mass is 32.2. The summed E-state index contributed by atoms with van der Waals surface area (Å²) in [6.07, 6.45) is 0.973. The number of carbonyl (C=O) groups is 1. The second-order valence-corrected chi connectivity index (χ2v) is 8.92. The topological polar surface area (TPSA) is 75.3 Å². The number of aryl methyl sites for hydroxylation is 2. The first-order valence-electron chi connectivity index (χ1n) is 9.88. The molecule has 0 aliphatic rings. The van der Waals surface area contributed by atoms with Gasteiger partial charge in [0.2, 0.25) is 0 Å². The Labute approximate surface area is 178 Å². The van der Waals surface area contributed by atoms with Crippen LogP contribution in [0.1, 0.15) is 46.9 Å². The highest BCUT2D eigenvalue weighted by Gasteiger charge is 2.17. The Balaban J connectivity index is 1.71. The van der Waals surface area contributed by atoms with Crippen molar-refractivity contribution in [3.8, 4) is 0 Å². The van der Waals surface area contributed by atoms with E-state index in [4.69, 9.17) is 0 Å². The molecule has 0 saturated heterocycles. The number of sulfonamides is 1. The summed E-state index contributed by atoms with van der Waals surface area (Å²) in [4.78, 5) is 12.9. The monoisotopic (exact) mass is 422 g/mol. The molecule has 0 aliphatic carbocycles. The van der Waals surface area contributed by atoms with E-state index in [1.54, 1.807) is 43.3 Å². The lowest BCUT2D eigenvalue weighted by molar-refractivity contribution is 0.0940. The van der Waals surface area contributed by atoms with Crippen molar-refractivity contribution < 1.29 is 13.2 Å². The standard InChI is InChI=1S/C24H26N2O3S/c1-4-19-10-12-20(13-11-19)18(3)25-24(27)21-14-15-23(17(2)16-21)26-30(28,29)22-8-6-5-7-9-22/h5-16,18,26H,4H2,1-3H3,(H,25,27). The van der Waals surface area contributed by atoms with Gasteiger partial charge in [0.15, 0.2) is 0 Å². The maximum atomic E-state index is 12.7. The molecule has 0 spiro atoms. The van der Waals surface area contributed by atoms with Gasteiger partial charge in [0.25, 0.3) is 15.9 Å². The zero-order chi connectivity index (χ0) is 21.7. The van der Waals surface area contributed by atoms with Crippen LogP contribution in [-0.2, 0) is 16.4 Å². The molecular weight excluding hydrogens is 396 g/mol. The first-order chi connectivity index (χ1) is 14.3. The lowest BCUT2D eigenvalue weighted by Crippen LogP contribution is -2.26. The molecule has 30 heavy (non-hydrogen) atoms. The quantitative estimate of drug-likeness (QED) is 0.572. The molecule has 0 aliphatic heterocycles.